The molecule has 62 heavy (non-hydrogen) atoms. The maximum Gasteiger partial charge on any atom is 0.118 e. The summed E-state index contributed by atoms with van der Waals surface area (Å²) in [6, 6.07) is 32.4. The fourth-order valence-electron chi connectivity index (χ4n) is 11.3. The zero-order chi connectivity index (χ0) is 42.1. The van der Waals surface area contributed by atoms with Gasteiger partial charge in [0.2, 0.25) is 0 Å². The molecule has 4 fully saturated rings. The summed E-state index contributed by atoms with van der Waals surface area (Å²) < 4.78 is 10.7. The summed E-state index contributed by atoms with van der Waals surface area (Å²) in [5.74, 6) is 16.6. The van der Waals surface area contributed by atoms with Crippen molar-refractivity contribution in [2.75, 3.05) is 79.7 Å². The van der Waals surface area contributed by atoms with Gasteiger partial charge in [0, 0.05) is 74.1 Å². The Kier molecular flexibility index (Phi) is 14.3. The van der Waals surface area contributed by atoms with Crippen molar-refractivity contribution in [1.82, 2.24) is 19.6 Å². The SMILES string of the molecule is COc1ccc([C@@H]2CN3CCC[C@H]3c3cc(C#CCCN4CCCCC4)ccc32)cc1.COc1ccc([C@H]2CN3CCC[C@H]3c3cc(C#CCCN4CCCCC4)ccc32)cc1. The maximum absolute atomic E-state index is 5.37. The smallest absolute Gasteiger partial charge is 0.118 e. The third-order valence-electron chi connectivity index (χ3n) is 14.7. The first kappa shape index (κ1) is 42.7. The third-order valence-corrected chi connectivity index (χ3v) is 14.7. The summed E-state index contributed by atoms with van der Waals surface area (Å²) in [6.07, 6.45) is 15.3. The van der Waals surface area contributed by atoms with Gasteiger partial charge in [0.1, 0.15) is 11.5 Å². The Balaban J connectivity index is 0.000000158. The topological polar surface area (TPSA) is 31.4 Å². The fraction of sp³-hybridized carbons (Fsp3) is 0.500. The number of ether oxygens (including phenoxy) is 2. The normalized spacial score (nSPS) is 23.5. The molecule has 6 aliphatic heterocycles. The second kappa shape index (κ2) is 20.7. The Hall–Kier alpha value is -4.56. The van der Waals surface area contributed by atoms with Crippen molar-refractivity contribution in [3.05, 3.63) is 129 Å². The summed E-state index contributed by atoms with van der Waals surface area (Å²) in [5, 5.41) is 0. The van der Waals surface area contributed by atoms with E-state index in [1.807, 2.05) is 0 Å². The average Bonchev–Trinajstić information content (AvgIpc) is 4.03. The molecule has 6 aliphatic rings. The van der Waals surface area contributed by atoms with Gasteiger partial charge in [-0.25, -0.2) is 0 Å². The highest BCUT2D eigenvalue weighted by molar-refractivity contribution is 5.50. The van der Waals surface area contributed by atoms with Gasteiger partial charge in [-0.3, -0.25) is 9.80 Å². The van der Waals surface area contributed by atoms with Crippen molar-refractivity contribution in [2.45, 2.75) is 101 Å². The van der Waals surface area contributed by atoms with E-state index in [0.717, 1.165) is 50.5 Å². The molecule has 4 saturated heterocycles. The number of likely N-dealkylation sites (tertiary alicyclic amines) is 2. The molecule has 10 rings (SSSR count). The molecule has 0 spiro atoms. The van der Waals surface area contributed by atoms with Crippen LogP contribution >= 0.6 is 0 Å². The quantitative estimate of drug-likeness (QED) is 0.165. The van der Waals surface area contributed by atoms with Crippen molar-refractivity contribution in [2.24, 2.45) is 0 Å². The van der Waals surface area contributed by atoms with Crippen LogP contribution in [0.5, 0.6) is 11.5 Å². The monoisotopic (exact) mass is 829 g/mol. The van der Waals surface area contributed by atoms with Crippen molar-refractivity contribution < 1.29 is 9.47 Å². The van der Waals surface area contributed by atoms with E-state index >= 15 is 0 Å². The molecule has 6 nitrogen and oxygen atoms in total. The van der Waals surface area contributed by atoms with Crippen molar-refractivity contribution in [1.29, 1.82) is 0 Å². The lowest BCUT2D eigenvalue weighted by Gasteiger charge is -2.37. The molecular weight excluding hydrogens is 761 g/mol. The van der Waals surface area contributed by atoms with Crippen LogP contribution in [-0.2, 0) is 0 Å². The summed E-state index contributed by atoms with van der Waals surface area (Å²) in [5.41, 5.74) is 11.1. The highest BCUT2D eigenvalue weighted by atomic mass is 16.5. The van der Waals surface area contributed by atoms with Gasteiger partial charge >= 0.3 is 0 Å². The van der Waals surface area contributed by atoms with Gasteiger partial charge in [-0.1, -0.05) is 72.9 Å². The van der Waals surface area contributed by atoms with Crippen LogP contribution in [0.4, 0.5) is 0 Å². The summed E-state index contributed by atoms with van der Waals surface area (Å²) in [6.45, 7) is 11.9. The number of fused-ring (bicyclic) bond motifs is 6. The van der Waals surface area contributed by atoms with Crippen LogP contribution in [0.2, 0.25) is 0 Å². The van der Waals surface area contributed by atoms with Gasteiger partial charge in [0.05, 0.1) is 14.2 Å². The predicted molar refractivity (Wildman–Crippen MR) is 253 cm³/mol. The first-order valence-corrected chi connectivity index (χ1v) is 24.1. The van der Waals surface area contributed by atoms with E-state index in [1.165, 1.54) is 148 Å². The lowest BCUT2D eigenvalue weighted by molar-refractivity contribution is 0.230. The minimum atomic E-state index is 0.427. The van der Waals surface area contributed by atoms with Gasteiger partial charge in [0.25, 0.3) is 0 Å². The van der Waals surface area contributed by atoms with Crippen LogP contribution in [0.25, 0.3) is 0 Å². The molecule has 0 saturated carbocycles. The second-order valence-electron chi connectivity index (χ2n) is 18.6. The largest absolute Gasteiger partial charge is 0.497 e. The minimum absolute atomic E-state index is 0.427. The van der Waals surface area contributed by atoms with Crippen LogP contribution in [-0.4, -0.2) is 99.3 Å². The molecule has 0 radical (unpaired) electrons. The van der Waals surface area contributed by atoms with Gasteiger partial charge in [-0.2, -0.15) is 0 Å². The average molecular weight is 829 g/mol. The van der Waals surface area contributed by atoms with Gasteiger partial charge in [-0.15, -0.1) is 0 Å². The first-order chi connectivity index (χ1) is 30.6. The molecule has 0 bridgehead atoms. The molecule has 4 aromatic rings. The number of hydrogen-bond acceptors (Lipinski definition) is 6. The number of benzene rings is 4. The van der Waals surface area contributed by atoms with Crippen molar-refractivity contribution in [3.8, 4) is 35.2 Å². The Labute approximate surface area is 373 Å². The van der Waals surface area contributed by atoms with Gasteiger partial charge in [0.15, 0.2) is 0 Å². The van der Waals surface area contributed by atoms with Crippen LogP contribution in [0, 0.1) is 23.7 Å². The molecule has 324 valence electrons. The molecule has 6 heterocycles. The standard InChI is InChI=1S/2C28H34N2O/c2*1-31-24-13-11-23(12-14-24)27-21-30-19-7-9-28(30)26-20-22(10-15-25(26)27)8-3-6-18-29-16-4-2-5-17-29/h2*10-15,20,27-28H,2,4-7,9,16-19,21H2,1H3/t27-,28+;27-,28-/m10/s1. The van der Waals surface area contributed by atoms with E-state index in [4.69, 9.17) is 9.47 Å². The lowest BCUT2D eigenvalue weighted by Crippen LogP contribution is -2.34. The maximum atomic E-state index is 5.37. The van der Waals surface area contributed by atoms with E-state index in [0.29, 0.717) is 23.9 Å². The second-order valence-corrected chi connectivity index (χ2v) is 18.6. The zero-order valence-corrected chi connectivity index (χ0v) is 37.6. The number of piperidine rings is 2. The van der Waals surface area contributed by atoms with Gasteiger partial charge < -0.3 is 19.3 Å². The lowest BCUT2D eigenvalue weighted by atomic mass is 9.81. The molecule has 0 aliphatic carbocycles. The summed E-state index contributed by atoms with van der Waals surface area (Å²) in [7, 11) is 3.46. The van der Waals surface area contributed by atoms with Crippen molar-refractivity contribution >= 4 is 0 Å². The third kappa shape index (κ3) is 10.1. The van der Waals surface area contributed by atoms with Crippen LogP contribution in [0.1, 0.15) is 145 Å². The fourth-order valence-corrected chi connectivity index (χ4v) is 11.3. The van der Waals surface area contributed by atoms with E-state index < -0.39 is 0 Å². The molecule has 0 amide bonds. The highest BCUT2D eigenvalue weighted by Gasteiger charge is 2.38. The molecule has 4 atom stereocenters. The molecule has 0 unspecified atom stereocenters. The van der Waals surface area contributed by atoms with Crippen LogP contribution in [0.15, 0.2) is 84.9 Å². The van der Waals surface area contributed by atoms with E-state index in [2.05, 4.69) is 128 Å². The predicted octanol–water partition coefficient (Wildman–Crippen LogP) is 10.4. The number of hydrogen-bond donors (Lipinski definition) is 0. The Bertz CT molecular complexity index is 2060. The Morgan fingerprint density at radius 1 is 0.468 bits per heavy atom. The highest BCUT2D eigenvalue weighted by Crippen LogP contribution is 2.46. The molecular formula is C56H68N4O2. The van der Waals surface area contributed by atoms with E-state index in [1.54, 1.807) is 14.2 Å². The van der Waals surface area contributed by atoms with E-state index in [9.17, 15) is 0 Å². The number of methoxy groups -OCH3 is 2. The number of nitrogens with zero attached hydrogens (tertiary/aromatic N) is 4. The van der Waals surface area contributed by atoms with Crippen LogP contribution in [0.3, 0.4) is 0 Å². The zero-order valence-electron chi connectivity index (χ0n) is 37.6. The first-order valence-electron chi connectivity index (χ1n) is 24.1. The van der Waals surface area contributed by atoms with Crippen molar-refractivity contribution in [3.63, 3.8) is 0 Å². The van der Waals surface area contributed by atoms with Gasteiger partial charge in [-0.05, 0) is 173 Å². The van der Waals surface area contributed by atoms with E-state index in [-0.39, 0.29) is 0 Å². The molecule has 6 heteroatoms. The molecule has 4 aromatic carbocycles. The Morgan fingerprint density at radius 3 is 1.29 bits per heavy atom. The molecule has 0 aromatic heterocycles. The summed E-state index contributed by atoms with van der Waals surface area (Å²) >= 11 is 0. The Morgan fingerprint density at radius 2 is 0.887 bits per heavy atom. The minimum Gasteiger partial charge on any atom is -0.497 e. The summed E-state index contributed by atoms with van der Waals surface area (Å²) in [4.78, 5) is 10.5. The van der Waals surface area contributed by atoms with Crippen LogP contribution < -0.4 is 9.47 Å². The number of rotatable bonds is 8. The molecule has 0 N–H and O–H groups in total.